The summed E-state index contributed by atoms with van der Waals surface area (Å²) in [6.45, 7) is -0.729. The molecule has 1 aromatic rings. The van der Waals surface area contributed by atoms with Crippen LogP contribution < -0.4 is 5.73 Å². The smallest absolute Gasteiger partial charge is 0.402 e. The molecular weight excluding hydrogens is 180 g/mol. The van der Waals surface area contributed by atoms with Crippen LogP contribution in [0.15, 0.2) is 24.3 Å². The highest BCUT2D eigenvalue weighted by atomic mass is 19.1. The van der Waals surface area contributed by atoms with Crippen LogP contribution >= 0.6 is 0 Å². The van der Waals surface area contributed by atoms with Crippen molar-refractivity contribution in [3.05, 3.63) is 35.6 Å². The number of hydrogen-bond acceptors (Lipinski definition) is 1. The van der Waals surface area contributed by atoms with Crippen LogP contribution in [0.5, 0.6) is 0 Å². The van der Waals surface area contributed by atoms with Gasteiger partial charge in [0.05, 0.1) is 0 Å². The van der Waals surface area contributed by atoms with Crippen LogP contribution in [-0.4, -0.2) is 11.2 Å². The van der Waals surface area contributed by atoms with Gasteiger partial charge < -0.3 is 10.8 Å². The standard InChI is InChI=1S/C7H6F2.CH3NO2/c8-5-6-3-1-2-4-7(6)9;2-1(3)4/h1-4H,5H2;2H2,(H,3,4). The molecule has 1 aromatic carbocycles. The van der Waals surface area contributed by atoms with E-state index in [2.05, 4.69) is 5.73 Å². The Bertz CT molecular complexity index is 275. The Morgan fingerprint density at radius 3 is 2.23 bits per heavy atom. The quantitative estimate of drug-likeness (QED) is 0.708. The SMILES string of the molecule is FCc1ccccc1F.NC(=O)O. The summed E-state index contributed by atoms with van der Waals surface area (Å²) in [6, 6.07) is 5.82. The minimum Gasteiger partial charge on any atom is -0.465 e. The van der Waals surface area contributed by atoms with E-state index >= 15 is 0 Å². The molecule has 0 fully saturated rings. The molecule has 1 amide bonds. The van der Waals surface area contributed by atoms with E-state index in [9.17, 15) is 8.78 Å². The van der Waals surface area contributed by atoms with E-state index in [-0.39, 0.29) is 5.56 Å². The number of rotatable bonds is 1. The molecule has 0 aliphatic rings. The Balaban J connectivity index is 0.000000310. The molecule has 3 N–H and O–H groups in total. The highest BCUT2D eigenvalue weighted by Crippen LogP contribution is 2.06. The zero-order valence-corrected chi connectivity index (χ0v) is 6.71. The lowest BCUT2D eigenvalue weighted by Gasteiger charge is -1.92. The van der Waals surface area contributed by atoms with Crippen LogP contribution in [0.4, 0.5) is 13.6 Å². The summed E-state index contributed by atoms with van der Waals surface area (Å²) in [6.07, 6.45) is -1.33. The molecule has 5 heteroatoms. The predicted octanol–water partition coefficient (Wildman–Crippen LogP) is 1.92. The van der Waals surface area contributed by atoms with Gasteiger partial charge in [-0.1, -0.05) is 18.2 Å². The second kappa shape index (κ2) is 5.93. The zero-order valence-electron chi connectivity index (χ0n) is 6.71. The lowest BCUT2D eigenvalue weighted by Crippen LogP contribution is -2.03. The van der Waals surface area contributed by atoms with Gasteiger partial charge in [0.2, 0.25) is 0 Å². The number of primary amides is 1. The Morgan fingerprint density at radius 1 is 1.46 bits per heavy atom. The van der Waals surface area contributed by atoms with Crippen LogP contribution in [0, 0.1) is 5.82 Å². The third-order valence-electron chi connectivity index (χ3n) is 1.10. The Kier molecular flexibility index (Phi) is 5.18. The number of nitrogens with two attached hydrogens (primary N) is 1. The maximum absolute atomic E-state index is 12.3. The number of carbonyl (C=O) groups is 1. The van der Waals surface area contributed by atoms with Crippen molar-refractivity contribution in [2.75, 3.05) is 0 Å². The third-order valence-corrected chi connectivity index (χ3v) is 1.10. The summed E-state index contributed by atoms with van der Waals surface area (Å²) in [5, 5.41) is 7.19. The Labute approximate surface area is 73.8 Å². The predicted molar refractivity (Wildman–Crippen MR) is 43.4 cm³/mol. The molecule has 0 radical (unpaired) electrons. The van der Waals surface area contributed by atoms with Crippen LogP contribution in [0.1, 0.15) is 5.56 Å². The van der Waals surface area contributed by atoms with Gasteiger partial charge >= 0.3 is 6.09 Å². The van der Waals surface area contributed by atoms with E-state index in [1.165, 1.54) is 18.2 Å². The second-order valence-corrected chi connectivity index (χ2v) is 2.06. The molecule has 0 heterocycles. The minimum absolute atomic E-state index is 0.123. The van der Waals surface area contributed by atoms with Gasteiger partial charge in [0.25, 0.3) is 0 Å². The van der Waals surface area contributed by atoms with Crippen molar-refractivity contribution in [2.45, 2.75) is 6.67 Å². The van der Waals surface area contributed by atoms with Crippen molar-refractivity contribution >= 4 is 6.09 Å². The van der Waals surface area contributed by atoms with Crippen molar-refractivity contribution in [2.24, 2.45) is 5.73 Å². The summed E-state index contributed by atoms with van der Waals surface area (Å²) in [4.78, 5) is 8.78. The molecule has 0 atom stereocenters. The molecule has 72 valence electrons. The van der Waals surface area contributed by atoms with E-state index in [0.29, 0.717) is 0 Å². The first kappa shape index (κ1) is 11.4. The maximum atomic E-state index is 12.3. The molecule has 0 aliphatic carbocycles. The highest BCUT2D eigenvalue weighted by molar-refractivity contribution is 5.61. The molecule has 13 heavy (non-hydrogen) atoms. The van der Waals surface area contributed by atoms with Crippen LogP contribution in [0.2, 0.25) is 0 Å². The second-order valence-electron chi connectivity index (χ2n) is 2.06. The summed E-state index contributed by atoms with van der Waals surface area (Å²) < 4.78 is 24.1. The molecule has 0 spiro atoms. The number of halogens is 2. The monoisotopic (exact) mass is 189 g/mol. The normalized spacial score (nSPS) is 8.46. The van der Waals surface area contributed by atoms with Gasteiger partial charge in [-0.05, 0) is 6.07 Å². The largest absolute Gasteiger partial charge is 0.465 e. The fraction of sp³-hybridized carbons (Fsp3) is 0.125. The average Bonchev–Trinajstić information content (AvgIpc) is 2.04. The first-order valence-corrected chi connectivity index (χ1v) is 3.35. The summed E-state index contributed by atoms with van der Waals surface area (Å²) in [5.41, 5.74) is 4.15. The van der Waals surface area contributed by atoms with Crippen LogP contribution in [-0.2, 0) is 6.67 Å². The lowest BCUT2D eigenvalue weighted by molar-refractivity contribution is 0.205. The maximum Gasteiger partial charge on any atom is 0.402 e. The number of amides is 1. The van der Waals surface area contributed by atoms with Crippen molar-refractivity contribution < 1.29 is 18.7 Å². The van der Waals surface area contributed by atoms with Gasteiger partial charge in [-0.2, -0.15) is 0 Å². The average molecular weight is 189 g/mol. The first-order chi connectivity index (χ1) is 6.07. The van der Waals surface area contributed by atoms with E-state index in [1.54, 1.807) is 6.07 Å². The van der Waals surface area contributed by atoms with E-state index in [4.69, 9.17) is 9.90 Å². The molecule has 0 aliphatic heterocycles. The fourth-order valence-corrected chi connectivity index (χ4v) is 0.607. The molecule has 0 bridgehead atoms. The lowest BCUT2D eigenvalue weighted by atomic mass is 10.2. The van der Waals surface area contributed by atoms with Gasteiger partial charge in [-0.25, -0.2) is 13.6 Å². The summed E-state index contributed by atoms with van der Waals surface area (Å²) >= 11 is 0. The van der Waals surface area contributed by atoms with Crippen LogP contribution in [0.25, 0.3) is 0 Å². The van der Waals surface area contributed by atoms with E-state index < -0.39 is 18.6 Å². The molecule has 3 nitrogen and oxygen atoms in total. The van der Waals surface area contributed by atoms with Gasteiger partial charge in [0.1, 0.15) is 12.5 Å². The number of carboxylic acid groups (broad SMARTS) is 1. The Hall–Kier alpha value is -1.65. The van der Waals surface area contributed by atoms with Crippen LogP contribution in [0.3, 0.4) is 0 Å². The van der Waals surface area contributed by atoms with Gasteiger partial charge in [-0.3, -0.25) is 0 Å². The molecule has 0 unspecified atom stereocenters. The minimum atomic E-state index is -1.33. The van der Waals surface area contributed by atoms with E-state index in [1.807, 2.05) is 0 Å². The molecule has 0 aromatic heterocycles. The number of hydrogen-bond donors (Lipinski definition) is 2. The third kappa shape index (κ3) is 5.60. The molecule has 0 saturated heterocycles. The molecule has 1 rings (SSSR count). The zero-order chi connectivity index (χ0) is 10.3. The highest BCUT2D eigenvalue weighted by Gasteiger charge is 1.96. The van der Waals surface area contributed by atoms with Crippen molar-refractivity contribution in [1.29, 1.82) is 0 Å². The van der Waals surface area contributed by atoms with Gasteiger partial charge in [-0.15, -0.1) is 0 Å². The molecular formula is C8H9F2NO2. The number of benzene rings is 1. The summed E-state index contributed by atoms with van der Waals surface area (Å²) in [7, 11) is 0. The topological polar surface area (TPSA) is 63.3 Å². The Morgan fingerprint density at radius 2 is 1.92 bits per heavy atom. The van der Waals surface area contributed by atoms with Crippen molar-refractivity contribution in [3.8, 4) is 0 Å². The van der Waals surface area contributed by atoms with Gasteiger partial charge in [0, 0.05) is 5.56 Å². The summed E-state index contributed by atoms with van der Waals surface area (Å²) in [5.74, 6) is -0.472. The molecule has 0 saturated carbocycles. The van der Waals surface area contributed by atoms with Crippen molar-refractivity contribution in [1.82, 2.24) is 0 Å². The van der Waals surface area contributed by atoms with Crippen molar-refractivity contribution in [3.63, 3.8) is 0 Å². The van der Waals surface area contributed by atoms with Gasteiger partial charge in [0.15, 0.2) is 0 Å². The fourth-order valence-electron chi connectivity index (χ4n) is 0.607. The number of alkyl halides is 1. The first-order valence-electron chi connectivity index (χ1n) is 3.35. The van der Waals surface area contributed by atoms with E-state index in [0.717, 1.165) is 0 Å².